The van der Waals surface area contributed by atoms with Crippen molar-refractivity contribution in [2.45, 2.75) is 31.0 Å². The fourth-order valence-corrected chi connectivity index (χ4v) is 5.24. The Morgan fingerprint density at radius 1 is 1.14 bits per heavy atom. The third-order valence-electron chi connectivity index (χ3n) is 7.09. The zero-order chi connectivity index (χ0) is 24.8. The fraction of sp³-hybridized carbons (Fsp3) is 0.360. The molecule has 1 aromatic carbocycles. The van der Waals surface area contributed by atoms with Gasteiger partial charge in [0.15, 0.2) is 0 Å². The second-order valence-electron chi connectivity index (χ2n) is 9.23. The zero-order valence-corrected chi connectivity index (χ0v) is 18.7. The molecule has 1 N–H and O–H groups in total. The number of alkyl halides is 3. The summed E-state index contributed by atoms with van der Waals surface area (Å²) in [4.78, 5) is 33.3. The Hall–Kier alpha value is -3.71. The summed E-state index contributed by atoms with van der Waals surface area (Å²) in [7, 11) is 0. The number of aromatic amines is 1. The van der Waals surface area contributed by atoms with Gasteiger partial charge in [0, 0.05) is 43.0 Å². The zero-order valence-electron chi connectivity index (χ0n) is 18.7. The van der Waals surface area contributed by atoms with Gasteiger partial charge in [-0.15, -0.1) is 0 Å². The SMILES string of the molecule is N#Cc1ncccc1-c1cn(CCCN2C[C@@H]3C[C@]3(c3ccc(C(F)(F)F)cc3)C2)c(=O)[nH]c1=O. The van der Waals surface area contributed by atoms with Gasteiger partial charge in [-0.25, -0.2) is 9.78 Å². The number of hydrogen-bond acceptors (Lipinski definition) is 5. The topological polar surface area (TPSA) is 94.8 Å². The van der Waals surface area contributed by atoms with Crippen LogP contribution in [0.3, 0.4) is 0 Å². The highest BCUT2D eigenvalue weighted by Gasteiger charge is 2.60. The molecule has 2 fully saturated rings. The number of halogens is 3. The van der Waals surface area contributed by atoms with Crippen molar-refractivity contribution >= 4 is 0 Å². The quantitative estimate of drug-likeness (QED) is 0.584. The van der Waals surface area contributed by atoms with Gasteiger partial charge in [0.05, 0.1) is 11.1 Å². The monoisotopic (exact) mass is 481 g/mol. The van der Waals surface area contributed by atoms with Gasteiger partial charge in [0.25, 0.3) is 5.56 Å². The number of hydrogen-bond donors (Lipinski definition) is 1. The number of aromatic nitrogens is 3. The Balaban J connectivity index is 1.24. The van der Waals surface area contributed by atoms with Gasteiger partial charge in [-0.2, -0.15) is 18.4 Å². The first kappa shape index (κ1) is 23.1. The molecule has 2 atom stereocenters. The fourth-order valence-electron chi connectivity index (χ4n) is 5.24. The van der Waals surface area contributed by atoms with E-state index in [0.717, 1.165) is 43.8 Å². The third-order valence-corrected chi connectivity index (χ3v) is 7.09. The van der Waals surface area contributed by atoms with E-state index in [0.29, 0.717) is 24.4 Å². The summed E-state index contributed by atoms with van der Waals surface area (Å²) in [6, 6.07) is 10.7. The van der Waals surface area contributed by atoms with Crippen LogP contribution in [0.5, 0.6) is 0 Å². The molecule has 0 bridgehead atoms. The van der Waals surface area contributed by atoms with E-state index in [1.807, 2.05) is 6.07 Å². The first-order valence-corrected chi connectivity index (χ1v) is 11.3. The lowest BCUT2D eigenvalue weighted by Crippen LogP contribution is -2.32. The number of piperidine rings is 1. The summed E-state index contributed by atoms with van der Waals surface area (Å²) in [5.41, 5.74) is -0.192. The molecule has 0 spiro atoms. The number of benzene rings is 1. The molecule has 1 aliphatic carbocycles. The van der Waals surface area contributed by atoms with Crippen molar-refractivity contribution < 1.29 is 13.2 Å². The molecule has 2 aromatic heterocycles. The van der Waals surface area contributed by atoms with Gasteiger partial charge in [-0.05, 0) is 55.1 Å². The summed E-state index contributed by atoms with van der Waals surface area (Å²) >= 11 is 0. The number of aryl methyl sites for hydroxylation is 1. The molecule has 1 saturated heterocycles. The van der Waals surface area contributed by atoms with Crippen molar-refractivity contribution in [2.24, 2.45) is 5.92 Å². The van der Waals surface area contributed by atoms with Gasteiger partial charge in [0.1, 0.15) is 11.8 Å². The minimum atomic E-state index is -4.34. The molecule has 5 rings (SSSR count). The molecule has 2 aliphatic rings. The molecular formula is C25H22F3N5O2. The summed E-state index contributed by atoms with van der Waals surface area (Å²) in [5.74, 6) is 0.427. The highest BCUT2D eigenvalue weighted by molar-refractivity contribution is 5.66. The predicted molar refractivity (Wildman–Crippen MR) is 122 cm³/mol. The first-order chi connectivity index (χ1) is 16.7. The van der Waals surface area contributed by atoms with Crippen LogP contribution in [0.4, 0.5) is 13.2 Å². The van der Waals surface area contributed by atoms with Gasteiger partial charge < -0.3 is 4.90 Å². The Labute approximate surface area is 198 Å². The van der Waals surface area contributed by atoms with E-state index < -0.39 is 23.0 Å². The van der Waals surface area contributed by atoms with Crippen LogP contribution in [0.25, 0.3) is 11.1 Å². The van der Waals surface area contributed by atoms with Crippen molar-refractivity contribution in [3.05, 3.63) is 86.5 Å². The molecule has 35 heavy (non-hydrogen) atoms. The smallest absolute Gasteiger partial charge is 0.302 e. The summed E-state index contributed by atoms with van der Waals surface area (Å²) in [6.07, 6.45) is 0.214. The van der Waals surface area contributed by atoms with Crippen LogP contribution in [-0.4, -0.2) is 39.1 Å². The number of likely N-dealkylation sites (tertiary alicyclic amines) is 1. The Morgan fingerprint density at radius 2 is 1.91 bits per heavy atom. The van der Waals surface area contributed by atoms with Crippen LogP contribution in [0.1, 0.15) is 29.7 Å². The summed E-state index contributed by atoms with van der Waals surface area (Å²) in [5, 5.41) is 9.29. The van der Waals surface area contributed by atoms with Crippen LogP contribution in [-0.2, 0) is 18.1 Å². The number of nitrogens with zero attached hydrogens (tertiary/aromatic N) is 4. The highest BCUT2D eigenvalue weighted by atomic mass is 19.4. The number of rotatable bonds is 6. The number of nitrogens with one attached hydrogen (secondary N) is 1. The van der Waals surface area contributed by atoms with Gasteiger partial charge in [0.2, 0.25) is 0 Å². The van der Waals surface area contributed by atoms with E-state index in [9.17, 15) is 28.0 Å². The highest BCUT2D eigenvalue weighted by Crippen LogP contribution is 2.59. The molecule has 1 aliphatic heterocycles. The molecule has 1 saturated carbocycles. The largest absolute Gasteiger partial charge is 0.416 e. The lowest BCUT2D eigenvalue weighted by atomic mass is 9.94. The maximum Gasteiger partial charge on any atom is 0.416 e. The molecule has 10 heteroatoms. The number of fused-ring (bicyclic) bond motifs is 1. The van der Waals surface area contributed by atoms with E-state index in [1.54, 1.807) is 24.3 Å². The Kier molecular flexibility index (Phi) is 5.60. The van der Waals surface area contributed by atoms with Crippen LogP contribution in [0.2, 0.25) is 0 Å². The predicted octanol–water partition coefficient (Wildman–Crippen LogP) is 3.15. The molecule has 3 heterocycles. The molecule has 0 radical (unpaired) electrons. The average Bonchev–Trinajstić information content (AvgIpc) is 3.41. The standard InChI is InChI=1S/C25H22F3N5O2/c26-25(27,28)17-6-4-16(5-7-17)24-11-18(24)13-32(15-24)9-2-10-33-14-20(22(34)31-23(33)35)19-3-1-8-30-21(19)12-29/h1,3-8,14,18H,2,9-11,13,15H2,(H,31,34,35)/t18-,24+/m0/s1. The second-order valence-corrected chi connectivity index (χ2v) is 9.23. The minimum Gasteiger partial charge on any atom is -0.302 e. The minimum absolute atomic E-state index is 0.0832. The van der Waals surface area contributed by atoms with E-state index in [-0.39, 0.29) is 16.7 Å². The van der Waals surface area contributed by atoms with E-state index >= 15 is 0 Å². The maximum atomic E-state index is 12.9. The maximum absolute atomic E-state index is 12.9. The van der Waals surface area contributed by atoms with Crippen LogP contribution in [0.15, 0.2) is 58.4 Å². The van der Waals surface area contributed by atoms with E-state index in [2.05, 4.69) is 14.9 Å². The van der Waals surface area contributed by atoms with E-state index in [4.69, 9.17) is 0 Å². The lowest BCUT2D eigenvalue weighted by Gasteiger charge is -2.21. The van der Waals surface area contributed by atoms with Crippen LogP contribution in [0, 0.1) is 17.2 Å². The molecule has 0 amide bonds. The van der Waals surface area contributed by atoms with Crippen molar-refractivity contribution in [3.63, 3.8) is 0 Å². The third kappa shape index (κ3) is 4.28. The first-order valence-electron chi connectivity index (χ1n) is 11.3. The Morgan fingerprint density at radius 3 is 2.63 bits per heavy atom. The summed E-state index contributed by atoms with van der Waals surface area (Å²) < 4.78 is 40.1. The molecule has 0 unspecified atom stereocenters. The molecule has 180 valence electrons. The van der Waals surface area contributed by atoms with Crippen LogP contribution < -0.4 is 11.2 Å². The van der Waals surface area contributed by atoms with Crippen molar-refractivity contribution in [2.75, 3.05) is 19.6 Å². The van der Waals surface area contributed by atoms with Gasteiger partial charge in [-0.1, -0.05) is 12.1 Å². The van der Waals surface area contributed by atoms with Crippen molar-refractivity contribution in [1.82, 2.24) is 19.4 Å². The number of pyridine rings is 1. The number of nitriles is 1. The second kappa shape index (κ2) is 8.50. The Bertz CT molecular complexity index is 1420. The summed E-state index contributed by atoms with van der Waals surface area (Å²) in [6.45, 7) is 2.74. The van der Waals surface area contributed by atoms with Gasteiger partial charge in [-0.3, -0.25) is 14.3 Å². The van der Waals surface area contributed by atoms with Crippen molar-refractivity contribution in [3.8, 4) is 17.2 Å². The average molecular weight is 481 g/mol. The number of H-pyrrole nitrogens is 1. The van der Waals surface area contributed by atoms with E-state index in [1.165, 1.54) is 17.0 Å². The van der Waals surface area contributed by atoms with Gasteiger partial charge >= 0.3 is 11.9 Å². The van der Waals surface area contributed by atoms with Crippen LogP contribution >= 0.6 is 0 Å². The lowest BCUT2D eigenvalue weighted by molar-refractivity contribution is -0.137. The normalized spacial score (nSPS) is 21.5. The molecule has 3 aromatic rings. The molecular weight excluding hydrogens is 459 g/mol. The van der Waals surface area contributed by atoms with Crippen molar-refractivity contribution in [1.29, 1.82) is 5.26 Å². The molecule has 7 nitrogen and oxygen atoms in total.